The zero-order valence-corrected chi connectivity index (χ0v) is 9.35. The number of nitrogens with zero attached hydrogens (tertiary/aromatic N) is 2. The first kappa shape index (κ1) is 10.9. The number of amides is 2. The van der Waals surface area contributed by atoms with Crippen molar-refractivity contribution < 1.29 is 4.79 Å². The van der Waals surface area contributed by atoms with Gasteiger partial charge in [-0.1, -0.05) is 6.07 Å². The van der Waals surface area contributed by atoms with Gasteiger partial charge in [-0.3, -0.25) is 4.98 Å². The Morgan fingerprint density at radius 2 is 2.19 bits per heavy atom. The summed E-state index contributed by atoms with van der Waals surface area (Å²) in [6.07, 6.45) is 7.00. The van der Waals surface area contributed by atoms with Gasteiger partial charge in [-0.2, -0.15) is 0 Å². The molecule has 0 aromatic carbocycles. The first-order valence-electron chi connectivity index (χ1n) is 5.78. The molecule has 0 radical (unpaired) electrons. The molecule has 1 aromatic rings. The van der Waals surface area contributed by atoms with Crippen molar-refractivity contribution in [1.29, 1.82) is 0 Å². The Kier molecular flexibility index (Phi) is 3.75. The topological polar surface area (TPSA) is 45.2 Å². The molecule has 2 amide bonds. The third-order valence-electron chi connectivity index (χ3n) is 2.81. The SMILES string of the molecule is O=C(NCc1cccnc1)N1CCCCC1. The second-order valence-electron chi connectivity index (χ2n) is 4.07. The molecule has 2 heterocycles. The van der Waals surface area contributed by atoms with Gasteiger partial charge in [-0.05, 0) is 30.9 Å². The lowest BCUT2D eigenvalue weighted by atomic mass is 10.1. The molecule has 0 unspecified atom stereocenters. The van der Waals surface area contributed by atoms with Crippen LogP contribution in [-0.4, -0.2) is 29.0 Å². The van der Waals surface area contributed by atoms with E-state index in [9.17, 15) is 4.79 Å². The average molecular weight is 219 g/mol. The number of carbonyl (C=O) groups excluding carboxylic acids is 1. The fraction of sp³-hybridized carbons (Fsp3) is 0.500. The van der Waals surface area contributed by atoms with Crippen molar-refractivity contribution in [2.45, 2.75) is 25.8 Å². The van der Waals surface area contributed by atoms with Crippen LogP contribution in [0.2, 0.25) is 0 Å². The van der Waals surface area contributed by atoms with Gasteiger partial charge in [-0.15, -0.1) is 0 Å². The summed E-state index contributed by atoms with van der Waals surface area (Å²) in [5.41, 5.74) is 1.04. The number of aromatic nitrogens is 1. The molecule has 1 aliphatic rings. The minimum Gasteiger partial charge on any atom is -0.334 e. The molecule has 0 atom stereocenters. The summed E-state index contributed by atoms with van der Waals surface area (Å²) in [6.45, 7) is 2.33. The Balaban J connectivity index is 1.79. The van der Waals surface area contributed by atoms with Crippen LogP contribution in [0.4, 0.5) is 4.79 Å². The Hall–Kier alpha value is -1.58. The summed E-state index contributed by atoms with van der Waals surface area (Å²) in [4.78, 5) is 17.7. The maximum atomic E-state index is 11.8. The molecule has 4 nitrogen and oxygen atoms in total. The molecule has 0 saturated carbocycles. The molecule has 1 fully saturated rings. The molecule has 0 spiro atoms. The summed E-state index contributed by atoms with van der Waals surface area (Å²) in [5, 5.41) is 2.92. The van der Waals surface area contributed by atoms with Crippen LogP contribution in [0, 0.1) is 0 Å². The zero-order valence-electron chi connectivity index (χ0n) is 9.35. The molecule has 1 aliphatic heterocycles. The van der Waals surface area contributed by atoms with Gasteiger partial charge in [-0.25, -0.2) is 4.79 Å². The van der Waals surface area contributed by atoms with Gasteiger partial charge in [0.15, 0.2) is 0 Å². The van der Waals surface area contributed by atoms with E-state index < -0.39 is 0 Å². The van der Waals surface area contributed by atoms with E-state index in [1.54, 1.807) is 12.4 Å². The van der Waals surface area contributed by atoms with Gasteiger partial charge in [0.25, 0.3) is 0 Å². The number of nitrogens with one attached hydrogen (secondary N) is 1. The lowest BCUT2D eigenvalue weighted by molar-refractivity contribution is 0.186. The Morgan fingerprint density at radius 1 is 1.38 bits per heavy atom. The van der Waals surface area contributed by atoms with Crippen molar-refractivity contribution in [2.75, 3.05) is 13.1 Å². The van der Waals surface area contributed by atoms with Crippen molar-refractivity contribution in [1.82, 2.24) is 15.2 Å². The van der Waals surface area contributed by atoms with E-state index >= 15 is 0 Å². The minimum absolute atomic E-state index is 0.0450. The Morgan fingerprint density at radius 3 is 2.88 bits per heavy atom. The number of carbonyl (C=O) groups is 1. The summed E-state index contributed by atoms with van der Waals surface area (Å²) < 4.78 is 0. The molecule has 1 N–H and O–H groups in total. The van der Waals surface area contributed by atoms with E-state index in [2.05, 4.69) is 10.3 Å². The monoisotopic (exact) mass is 219 g/mol. The van der Waals surface area contributed by atoms with E-state index in [1.807, 2.05) is 17.0 Å². The van der Waals surface area contributed by atoms with Crippen molar-refractivity contribution >= 4 is 6.03 Å². The molecule has 0 bridgehead atoms. The van der Waals surface area contributed by atoms with Crippen LogP contribution < -0.4 is 5.32 Å². The van der Waals surface area contributed by atoms with Gasteiger partial charge in [0.1, 0.15) is 0 Å². The van der Waals surface area contributed by atoms with Gasteiger partial charge in [0, 0.05) is 32.0 Å². The predicted octanol–water partition coefficient (Wildman–Crippen LogP) is 1.78. The van der Waals surface area contributed by atoms with Gasteiger partial charge >= 0.3 is 6.03 Å². The number of hydrogen-bond donors (Lipinski definition) is 1. The van der Waals surface area contributed by atoms with Crippen molar-refractivity contribution in [2.24, 2.45) is 0 Å². The minimum atomic E-state index is 0.0450. The van der Waals surface area contributed by atoms with Crippen LogP contribution >= 0.6 is 0 Å². The average Bonchev–Trinajstić information content (AvgIpc) is 2.38. The third kappa shape index (κ3) is 2.95. The van der Waals surface area contributed by atoms with E-state index in [-0.39, 0.29) is 6.03 Å². The fourth-order valence-electron chi connectivity index (χ4n) is 1.89. The van der Waals surface area contributed by atoms with Gasteiger partial charge < -0.3 is 10.2 Å². The summed E-state index contributed by atoms with van der Waals surface area (Å²) in [6, 6.07) is 3.88. The molecule has 1 aromatic heterocycles. The van der Waals surface area contributed by atoms with E-state index in [0.717, 1.165) is 31.5 Å². The number of likely N-dealkylation sites (tertiary alicyclic amines) is 1. The Labute approximate surface area is 95.7 Å². The molecule has 2 rings (SSSR count). The number of piperidine rings is 1. The molecule has 86 valence electrons. The highest BCUT2D eigenvalue weighted by molar-refractivity contribution is 5.74. The molecule has 1 saturated heterocycles. The van der Waals surface area contributed by atoms with E-state index in [1.165, 1.54) is 6.42 Å². The highest BCUT2D eigenvalue weighted by atomic mass is 16.2. The second-order valence-corrected chi connectivity index (χ2v) is 4.07. The van der Waals surface area contributed by atoms with Gasteiger partial charge in [0.05, 0.1) is 0 Å². The highest BCUT2D eigenvalue weighted by Gasteiger charge is 2.15. The normalized spacial score (nSPS) is 15.9. The lowest BCUT2D eigenvalue weighted by Gasteiger charge is -2.26. The van der Waals surface area contributed by atoms with Gasteiger partial charge in [0.2, 0.25) is 0 Å². The van der Waals surface area contributed by atoms with Crippen LogP contribution in [0.3, 0.4) is 0 Å². The molecular weight excluding hydrogens is 202 g/mol. The third-order valence-corrected chi connectivity index (χ3v) is 2.81. The largest absolute Gasteiger partial charge is 0.334 e. The lowest BCUT2D eigenvalue weighted by Crippen LogP contribution is -2.42. The molecule has 16 heavy (non-hydrogen) atoms. The zero-order chi connectivity index (χ0) is 11.2. The maximum Gasteiger partial charge on any atom is 0.317 e. The highest BCUT2D eigenvalue weighted by Crippen LogP contribution is 2.08. The smallest absolute Gasteiger partial charge is 0.317 e. The molecular formula is C12H17N3O. The number of rotatable bonds is 2. The van der Waals surface area contributed by atoms with Crippen LogP contribution in [0.5, 0.6) is 0 Å². The van der Waals surface area contributed by atoms with E-state index in [0.29, 0.717) is 6.54 Å². The molecule has 4 heteroatoms. The van der Waals surface area contributed by atoms with Crippen molar-refractivity contribution in [3.63, 3.8) is 0 Å². The van der Waals surface area contributed by atoms with Crippen LogP contribution in [-0.2, 0) is 6.54 Å². The second kappa shape index (κ2) is 5.49. The first-order chi connectivity index (χ1) is 7.86. The number of hydrogen-bond acceptors (Lipinski definition) is 2. The van der Waals surface area contributed by atoms with Crippen LogP contribution in [0.25, 0.3) is 0 Å². The summed E-state index contributed by atoms with van der Waals surface area (Å²) in [7, 11) is 0. The number of pyridine rings is 1. The number of urea groups is 1. The summed E-state index contributed by atoms with van der Waals surface area (Å²) in [5.74, 6) is 0. The summed E-state index contributed by atoms with van der Waals surface area (Å²) >= 11 is 0. The standard InChI is InChI=1S/C12H17N3O/c16-12(15-7-2-1-3-8-15)14-10-11-5-4-6-13-9-11/h4-6,9H,1-3,7-8,10H2,(H,14,16). The van der Waals surface area contributed by atoms with Crippen LogP contribution in [0.1, 0.15) is 24.8 Å². The fourth-order valence-corrected chi connectivity index (χ4v) is 1.89. The maximum absolute atomic E-state index is 11.8. The molecule has 0 aliphatic carbocycles. The quantitative estimate of drug-likeness (QED) is 0.824. The predicted molar refractivity (Wildman–Crippen MR) is 61.9 cm³/mol. The van der Waals surface area contributed by atoms with Crippen molar-refractivity contribution in [3.8, 4) is 0 Å². The first-order valence-corrected chi connectivity index (χ1v) is 5.78. The Bertz CT molecular complexity index is 333. The van der Waals surface area contributed by atoms with E-state index in [4.69, 9.17) is 0 Å². The van der Waals surface area contributed by atoms with Crippen molar-refractivity contribution in [3.05, 3.63) is 30.1 Å². The van der Waals surface area contributed by atoms with Crippen LogP contribution in [0.15, 0.2) is 24.5 Å².